The van der Waals surface area contributed by atoms with Crippen molar-refractivity contribution in [2.75, 3.05) is 12.9 Å². The molecule has 1 aromatic heterocycles. The molecule has 0 aliphatic heterocycles. The summed E-state index contributed by atoms with van der Waals surface area (Å²) < 4.78 is 7.30. The SMILES string of the molecule is COc1ccccc1-c1nnc(SCCC(=O)O)n1-c1cccc(Cl)c1. The first kappa shape index (κ1) is 18.3. The highest BCUT2D eigenvalue weighted by molar-refractivity contribution is 7.99. The van der Waals surface area contributed by atoms with Gasteiger partial charge in [-0.2, -0.15) is 0 Å². The molecule has 26 heavy (non-hydrogen) atoms. The van der Waals surface area contributed by atoms with E-state index in [1.807, 2.05) is 47.0 Å². The topological polar surface area (TPSA) is 77.2 Å². The molecule has 0 atom stereocenters. The second-order valence-electron chi connectivity index (χ2n) is 5.31. The minimum Gasteiger partial charge on any atom is -0.496 e. The van der Waals surface area contributed by atoms with E-state index in [0.29, 0.717) is 27.5 Å². The van der Waals surface area contributed by atoms with Crippen molar-refractivity contribution in [2.24, 2.45) is 0 Å². The van der Waals surface area contributed by atoms with Gasteiger partial charge in [0, 0.05) is 10.8 Å². The van der Waals surface area contributed by atoms with Gasteiger partial charge in [0.05, 0.1) is 24.8 Å². The third kappa shape index (κ3) is 4.00. The zero-order valence-electron chi connectivity index (χ0n) is 13.9. The highest BCUT2D eigenvalue weighted by Crippen LogP contribution is 2.33. The van der Waals surface area contributed by atoms with Crippen molar-refractivity contribution in [1.29, 1.82) is 0 Å². The maximum absolute atomic E-state index is 10.8. The number of rotatable bonds is 7. The van der Waals surface area contributed by atoms with Gasteiger partial charge in [-0.15, -0.1) is 10.2 Å². The standard InChI is InChI=1S/C18H16ClN3O3S/c1-25-15-8-3-2-7-14(15)17-20-21-18(26-10-9-16(23)24)22(17)13-6-4-5-12(19)11-13/h2-8,11H,9-10H2,1H3,(H,23,24). The summed E-state index contributed by atoms with van der Waals surface area (Å²) >= 11 is 7.48. The molecule has 2 aromatic carbocycles. The van der Waals surface area contributed by atoms with E-state index in [9.17, 15) is 4.79 Å². The molecule has 0 fully saturated rings. The van der Waals surface area contributed by atoms with Crippen LogP contribution in [-0.4, -0.2) is 38.7 Å². The van der Waals surface area contributed by atoms with Crippen LogP contribution in [0.4, 0.5) is 0 Å². The minimum absolute atomic E-state index is 0.0388. The van der Waals surface area contributed by atoms with E-state index in [1.54, 1.807) is 13.2 Å². The maximum Gasteiger partial charge on any atom is 0.304 e. The molecule has 3 rings (SSSR count). The van der Waals surface area contributed by atoms with Gasteiger partial charge in [0.15, 0.2) is 11.0 Å². The van der Waals surface area contributed by atoms with Crippen LogP contribution in [0.1, 0.15) is 6.42 Å². The smallest absolute Gasteiger partial charge is 0.304 e. The van der Waals surface area contributed by atoms with Gasteiger partial charge < -0.3 is 9.84 Å². The summed E-state index contributed by atoms with van der Waals surface area (Å²) in [6.45, 7) is 0. The summed E-state index contributed by atoms with van der Waals surface area (Å²) in [4.78, 5) is 10.8. The van der Waals surface area contributed by atoms with Gasteiger partial charge in [0.2, 0.25) is 0 Å². The Balaban J connectivity index is 2.10. The van der Waals surface area contributed by atoms with Gasteiger partial charge in [0.25, 0.3) is 0 Å². The Morgan fingerprint density at radius 1 is 1.23 bits per heavy atom. The van der Waals surface area contributed by atoms with Crippen molar-refractivity contribution in [3.8, 4) is 22.8 Å². The normalized spacial score (nSPS) is 10.7. The number of carboxylic acids is 1. The largest absolute Gasteiger partial charge is 0.496 e. The second kappa shape index (κ2) is 8.25. The quantitative estimate of drug-likeness (QED) is 0.611. The molecule has 0 saturated heterocycles. The summed E-state index contributed by atoms with van der Waals surface area (Å²) in [5.74, 6) is 0.809. The Labute approximate surface area is 159 Å². The fourth-order valence-electron chi connectivity index (χ4n) is 2.44. The van der Waals surface area contributed by atoms with E-state index in [-0.39, 0.29) is 6.42 Å². The lowest BCUT2D eigenvalue weighted by Crippen LogP contribution is -2.02. The molecule has 0 spiro atoms. The monoisotopic (exact) mass is 389 g/mol. The number of para-hydroxylation sites is 1. The number of nitrogens with zero attached hydrogens (tertiary/aromatic N) is 3. The molecule has 0 unspecified atom stereocenters. The van der Waals surface area contributed by atoms with E-state index in [1.165, 1.54) is 11.8 Å². The van der Waals surface area contributed by atoms with Gasteiger partial charge in [0.1, 0.15) is 5.75 Å². The summed E-state index contributed by atoms with van der Waals surface area (Å²) in [7, 11) is 1.60. The Hall–Kier alpha value is -2.51. The average Bonchev–Trinajstić information content (AvgIpc) is 3.05. The number of ether oxygens (including phenoxy) is 1. The Morgan fingerprint density at radius 3 is 2.77 bits per heavy atom. The fourth-order valence-corrected chi connectivity index (χ4v) is 3.51. The predicted molar refractivity (Wildman–Crippen MR) is 101 cm³/mol. The van der Waals surface area contributed by atoms with Crippen molar-refractivity contribution in [2.45, 2.75) is 11.6 Å². The number of aliphatic carboxylic acids is 1. The number of hydrogen-bond acceptors (Lipinski definition) is 5. The van der Waals surface area contributed by atoms with Crippen molar-refractivity contribution in [1.82, 2.24) is 14.8 Å². The van der Waals surface area contributed by atoms with E-state index in [4.69, 9.17) is 21.4 Å². The van der Waals surface area contributed by atoms with Gasteiger partial charge in [-0.25, -0.2) is 0 Å². The van der Waals surface area contributed by atoms with Gasteiger partial charge in [-0.3, -0.25) is 9.36 Å². The van der Waals surface area contributed by atoms with Crippen LogP contribution in [0.5, 0.6) is 5.75 Å². The number of thioether (sulfide) groups is 1. The molecule has 8 heteroatoms. The van der Waals surface area contributed by atoms with Crippen LogP contribution in [0.25, 0.3) is 17.1 Å². The van der Waals surface area contributed by atoms with Gasteiger partial charge >= 0.3 is 5.97 Å². The molecular formula is C18H16ClN3O3S. The van der Waals surface area contributed by atoms with Crippen LogP contribution in [-0.2, 0) is 4.79 Å². The van der Waals surface area contributed by atoms with Crippen LogP contribution in [0.2, 0.25) is 5.02 Å². The van der Waals surface area contributed by atoms with E-state index in [0.717, 1.165) is 11.3 Å². The van der Waals surface area contributed by atoms with E-state index >= 15 is 0 Å². The molecule has 0 amide bonds. The molecule has 1 heterocycles. The van der Waals surface area contributed by atoms with E-state index < -0.39 is 5.97 Å². The maximum atomic E-state index is 10.8. The van der Waals surface area contributed by atoms with Crippen LogP contribution >= 0.6 is 23.4 Å². The molecule has 0 radical (unpaired) electrons. The minimum atomic E-state index is -0.851. The number of methoxy groups -OCH3 is 1. The zero-order chi connectivity index (χ0) is 18.5. The highest BCUT2D eigenvalue weighted by atomic mass is 35.5. The number of hydrogen-bond donors (Lipinski definition) is 1. The molecular weight excluding hydrogens is 374 g/mol. The number of benzene rings is 2. The molecule has 0 bridgehead atoms. The Morgan fingerprint density at radius 2 is 2.04 bits per heavy atom. The highest BCUT2D eigenvalue weighted by Gasteiger charge is 2.19. The molecule has 6 nitrogen and oxygen atoms in total. The Kier molecular flexibility index (Phi) is 5.80. The van der Waals surface area contributed by atoms with Crippen molar-refractivity contribution < 1.29 is 14.6 Å². The average molecular weight is 390 g/mol. The molecule has 0 aliphatic carbocycles. The first-order valence-electron chi connectivity index (χ1n) is 7.79. The lowest BCUT2D eigenvalue weighted by Gasteiger charge is -2.12. The molecule has 0 aliphatic rings. The van der Waals surface area contributed by atoms with Crippen LogP contribution in [0.3, 0.4) is 0 Å². The molecule has 0 saturated carbocycles. The van der Waals surface area contributed by atoms with Gasteiger partial charge in [-0.1, -0.05) is 41.6 Å². The number of carbonyl (C=O) groups is 1. The third-order valence-electron chi connectivity index (χ3n) is 3.59. The summed E-state index contributed by atoms with van der Waals surface area (Å²) in [5.41, 5.74) is 1.58. The number of aromatic nitrogens is 3. The second-order valence-corrected chi connectivity index (χ2v) is 6.81. The molecule has 1 N–H and O–H groups in total. The lowest BCUT2D eigenvalue weighted by molar-refractivity contribution is -0.136. The van der Waals surface area contributed by atoms with Crippen LogP contribution in [0.15, 0.2) is 53.7 Å². The lowest BCUT2D eigenvalue weighted by atomic mass is 10.2. The number of carboxylic acid groups (broad SMARTS) is 1. The zero-order valence-corrected chi connectivity index (χ0v) is 15.5. The van der Waals surface area contributed by atoms with Crippen molar-refractivity contribution >= 4 is 29.3 Å². The van der Waals surface area contributed by atoms with Gasteiger partial charge in [-0.05, 0) is 30.3 Å². The summed E-state index contributed by atoms with van der Waals surface area (Å²) in [6, 6.07) is 14.9. The summed E-state index contributed by atoms with van der Waals surface area (Å²) in [5, 5.41) is 18.6. The first-order chi connectivity index (χ1) is 12.6. The van der Waals surface area contributed by atoms with Crippen molar-refractivity contribution in [3.05, 3.63) is 53.6 Å². The molecule has 3 aromatic rings. The Bertz CT molecular complexity index is 930. The number of halogens is 1. The van der Waals surface area contributed by atoms with E-state index in [2.05, 4.69) is 10.2 Å². The van der Waals surface area contributed by atoms with Crippen LogP contribution < -0.4 is 4.74 Å². The van der Waals surface area contributed by atoms with Crippen molar-refractivity contribution in [3.63, 3.8) is 0 Å². The third-order valence-corrected chi connectivity index (χ3v) is 4.76. The first-order valence-corrected chi connectivity index (χ1v) is 9.16. The summed E-state index contributed by atoms with van der Waals surface area (Å²) in [6.07, 6.45) is 0.0388. The predicted octanol–water partition coefficient (Wildman–Crippen LogP) is 4.16. The fraction of sp³-hybridized carbons (Fsp3) is 0.167. The molecule has 134 valence electrons. The van der Waals surface area contributed by atoms with Crippen LogP contribution in [0, 0.1) is 0 Å².